The molecular formula is C19H26N2O2. The van der Waals surface area contributed by atoms with Crippen molar-refractivity contribution in [1.29, 1.82) is 0 Å². The number of aryl methyl sites for hydroxylation is 3. The number of hydrogen-bond acceptors (Lipinski definition) is 2. The lowest BCUT2D eigenvalue weighted by Gasteiger charge is -2.34. The number of piperidine rings is 1. The molecule has 1 saturated heterocycles. The van der Waals surface area contributed by atoms with E-state index in [9.17, 15) is 9.90 Å². The van der Waals surface area contributed by atoms with Crippen LogP contribution in [-0.2, 0) is 11.2 Å². The maximum absolute atomic E-state index is 12.8. The molecule has 23 heavy (non-hydrogen) atoms. The average Bonchev–Trinajstić information content (AvgIpc) is 2.84. The quantitative estimate of drug-likeness (QED) is 0.915. The van der Waals surface area contributed by atoms with Gasteiger partial charge in [-0.25, -0.2) is 0 Å². The van der Waals surface area contributed by atoms with Gasteiger partial charge in [-0.1, -0.05) is 11.6 Å². The second-order valence-electron chi connectivity index (χ2n) is 6.83. The van der Waals surface area contributed by atoms with Gasteiger partial charge in [-0.05, 0) is 57.2 Å². The lowest BCUT2D eigenvalue weighted by molar-refractivity contribution is -0.135. The van der Waals surface area contributed by atoms with Crippen molar-refractivity contribution in [2.75, 3.05) is 13.2 Å². The number of nitrogens with one attached hydrogen (secondary N) is 1. The standard InChI is InChI=1S/C19H26N2O2/c1-12-8-13(2)19-17(9-12)16(14(3)20-19)10-18(23)21-7-5-4-6-15(21)11-22/h8-9,15,20,22H,4-7,10-11H2,1-3H3/t15-/m0/s1. The summed E-state index contributed by atoms with van der Waals surface area (Å²) in [4.78, 5) is 18.1. The Balaban J connectivity index is 1.92. The lowest BCUT2D eigenvalue weighted by Crippen LogP contribution is -2.46. The zero-order chi connectivity index (χ0) is 16.6. The van der Waals surface area contributed by atoms with Crippen LogP contribution in [-0.4, -0.2) is 40.1 Å². The molecule has 1 fully saturated rings. The molecule has 2 aromatic rings. The highest BCUT2D eigenvalue weighted by Gasteiger charge is 2.27. The first-order valence-electron chi connectivity index (χ1n) is 8.50. The summed E-state index contributed by atoms with van der Waals surface area (Å²) in [5.74, 6) is 0.131. The summed E-state index contributed by atoms with van der Waals surface area (Å²) in [6, 6.07) is 4.31. The summed E-state index contributed by atoms with van der Waals surface area (Å²) in [6.45, 7) is 7.06. The van der Waals surface area contributed by atoms with E-state index in [4.69, 9.17) is 0 Å². The number of benzene rings is 1. The molecule has 124 valence electrons. The molecule has 1 aliphatic rings. The van der Waals surface area contributed by atoms with Crippen LogP contribution in [0.2, 0.25) is 0 Å². The molecule has 0 aliphatic carbocycles. The Labute approximate surface area is 137 Å². The summed E-state index contributed by atoms with van der Waals surface area (Å²) in [7, 11) is 0. The van der Waals surface area contributed by atoms with Crippen molar-refractivity contribution in [2.45, 2.75) is 52.5 Å². The van der Waals surface area contributed by atoms with Gasteiger partial charge in [0.1, 0.15) is 0 Å². The second-order valence-corrected chi connectivity index (χ2v) is 6.83. The van der Waals surface area contributed by atoms with Crippen molar-refractivity contribution >= 4 is 16.8 Å². The Morgan fingerprint density at radius 2 is 2.09 bits per heavy atom. The van der Waals surface area contributed by atoms with Crippen LogP contribution in [0.3, 0.4) is 0 Å². The van der Waals surface area contributed by atoms with Gasteiger partial charge < -0.3 is 15.0 Å². The maximum atomic E-state index is 12.8. The van der Waals surface area contributed by atoms with Crippen molar-refractivity contribution in [3.8, 4) is 0 Å². The summed E-state index contributed by atoms with van der Waals surface area (Å²) in [6.07, 6.45) is 3.45. The second kappa shape index (κ2) is 6.36. The number of carbonyl (C=O) groups excluding carboxylic acids is 1. The molecular weight excluding hydrogens is 288 g/mol. The molecule has 1 aliphatic heterocycles. The van der Waals surface area contributed by atoms with Gasteiger partial charge in [-0.3, -0.25) is 4.79 Å². The molecule has 0 unspecified atom stereocenters. The van der Waals surface area contributed by atoms with Gasteiger partial charge in [-0.2, -0.15) is 0 Å². The number of amides is 1. The molecule has 3 rings (SSSR count). The van der Waals surface area contributed by atoms with Gasteiger partial charge in [0.05, 0.1) is 19.1 Å². The fourth-order valence-corrected chi connectivity index (χ4v) is 3.84. The Hall–Kier alpha value is -1.81. The zero-order valence-corrected chi connectivity index (χ0v) is 14.3. The minimum atomic E-state index is -0.00904. The maximum Gasteiger partial charge on any atom is 0.227 e. The largest absolute Gasteiger partial charge is 0.394 e. The minimum Gasteiger partial charge on any atom is -0.394 e. The van der Waals surface area contributed by atoms with Crippen LogP contribution in [0.15, 0.2) is 12.1 Å². The topological polar surface area (TPSA) is 56.3 Å². The smallest absolute Gasteiger partial charge is 0.227 e. The van der Waals surface area contributed by atoms with Crippen molar-refractivity contribution in [2.24, 2.45) is 0 Å². The highest BCUT2D eigenvalue weighted by molar-refractivity contribution is 5.92. The van der Waals surface area contributed by atoms with E-state index in [0.717, 1.165) is 48.0 Å². The van der Waals surface area contributed by atoms with Gasteiger partial charge in [0.15, 0.2) is 0 Å². The predicted molar refractivity (Wildman–Crippen MR) is 92.7 cm³/mol. The predicted octanol–water partition coefficient (Wildman–Crippen LogP) is 3.01. The fraction of sp³-hybridized carbons (Fsp3) is 0.526. The van der Waals surface area contributed by atoms with E-state index in [1.165, 1.54) is 11.1 Å². The zero-order valence-electron chi connectivity index (χ0n) is 14.3. The van der Waals surface area contributed by atoms with Crippen molar-refractivity contribution in [3.05, 3.63) is 34.5 Å². The number of fused-ring (bicyclic) bond motifs is 1. The third-order valence-electron chi connectivity index (χ3n) is 5.06. The van der Waals surface area contributed by atoms with E-state index in [0.29, 0.717) is 6.42 Å². The van der Waals surface area contributed by atoms with Crippen LogP contribution in [0.1, 0.15) is 41.6 Å². The van der Waals surface area contributed by atoms with Gasteiger partial charge >= 0.3 is 0 Å². The molecule has 1 amide bonds. The van der Waals surface area contributed by atoms with Crippen LogP contribution in [0.25, 0.3) is 10.9 Å². The Kier molecular flexibility index (Phi) is 4.44. The number of rotatable bonds is 3. The van der Waals surface area contributed by atoms with Crippen molar-refractivity contribution < 1.29 is 9.90 Å². The number of aliphatic hydroxyl groups is 1. The minimum absolute atomic E-state index is 0.00904. The van der Waals surface area contributed by atoms with Gasteiger partial charge in [-0.15, -0.1) is 0 Å². The number of likely N-dealkylation sites (tertiary alicyclic amines) is 1. The van der Waals surface area contributed by atoms with Crippen molar-refractivity contribution in [3.63, 3.8) is 0 Å². The van der Waals surface area contributed by atoms with Gasteiger partial charge in [0.2, 0.25) is 5.91 Å². The summed E-state index contributed by atoms with van der Waals surface area (Å²) in [5.41, 5.74) is 5.73. The van der Waals surface area contributed by atoms with Crippen LogP contribution < -0.4 is 0 Å². The lowest BCUT2D eigenvalue weighted by atomic mass is 9.99. The van der Waals surface area contributed by atoms with Crippen LogP contribution >= 0.6 is 0 Å². The average molecular weight is 314 g/mol. The first-order valence-corrected chi connectivity index (χ1v) is 8.50. The van der Waals surface area contributed by atoms with Crippen molar-refractivity contribution in [1.82, 2.24) is 9.88 Å². The van der Waals surface area contributed by atoms with Gasteiger partial charge in [0.25, 0.3) is 0 Å². The summed E-state index contributed by atoms with van der Waals surface area (Å²) < 4.78 is 0. The molecule has 2 N–H and O–H groups in total. The number of hydrogen-bond donors (Lipinski definition) is 2. The fourth-order valence-electron chi connectivity index (χ4n) is 3.84. The summed E-state index contributed by atoms with van der Waals surface area (Å²) >= 11 is 0. The van der Waals surface area contributed by atoms with E-state index in [2.05, 4.69) is 31.0 Å². The molecule has 1 atom stereocenters. The summed E-state index contributed by atoms with van der Waals surface area (Å²) in [5, 5.41) is 10.7. The third kappa shape index (κ3) is 3.00. The Bertz CT molecular complexity index is 733. The molecule has 0 saturated carbocycles. The van der Waals surface area contributed by atoms with Crippen LogP contribution in [0.4, 0.5) is 0 Å². The van der Waals surface area contributed by atoms with E-state index in [1.807, 2.05) is 11.8 Å². The number of H-pyrrole nitrogens is 1. The molecule has 4 heteroatoms. The Morgan fingerprint density at radius 1 is 1.30 bits per heavy atom. The number of aromatic nitrogens is 1. The highest BCUT2D eigenvalue weighted by Crippen LogP contribution is 2.28. The van der Waals surface area contributed by atoms with E-state index >= 15 is 0 Å². The molecule has 0 radical (unpaired) electrons. The molecule has 2 heterocycles. The van der Waals surface area contributed by atoms with Gasteiger partial charge in [0, 0.05) is 23.1 Å². The molecule has 1 aromatic heterocycles. The van der Waals surface area contributed by atoms with E-state index < -0.39 is 0 Å². The van der Waals surface area contributed by atoms with E-state index in [1.54, 1.807) is 0 Å². The number of aromatic amines is 1. The number of carbonyl (C=O) groups is 1. The third-order valence-corrected chi connectivity index (χ3v) is 5.06. The molecule has 0 bridgehead atoms. The first-order chi connectivity index (χ1) is 11.0. The highest BCUT2D eigenvalue weighted by atomic mass is 16.3. The first kappa shape index (κ1) is 16.1. The Morgan fingerprint density at radius 3 is 2.83 bits per heavy atom. The molecule has 0 spiro atoms. The number of aliphatic hydroxyl groups excluding tert-OH is 1. The van der Waals surface area contributed by atoms with Crippen LogP contribution in [0.5, 0.6) is 0 Å². The monoisotopic (exact) mass is 314 g/mol. The normalized spacial score (nSPS) is 18.6. The van der Waals surface area contributed by atoms with E-state index in [-0.39, 0.29) is 18.6 Å². The SMILES string of the molecule is Cc1cc(C)c2[nH]c(C)c(CC(=O)N3CCCC[C@H]3CO)c2c1. The number of nitrogens with zero attached hydrogens (tertiary/aromatic N) is 1. The van der Waals surface area contributed by atoms with Crippen LogP contribution in [0, 0.1) is 20.8 Å². The molecule has 1 aromatic carbocycles. The molecule has 4 nitrogen and oxygen atoms in total.